The van der Waals surface area contributed by atoms with Gasteiger partial charge in [0.1, 0.15) is 0 Å². The van der Waals surface area contributed by atoms with Gasteiger partial charge in [0.2, 0.25) is 0 Å². The molecule has 1 heteroatoms. The Hall–Kier alpha value is -0.0400. The fourth-order valence-corrected chi connectivity index (χ4v) is 2.36. The van der Waals surface area contributed by atoms with Crippen molar-refractivity contribution in [1.82, 2.24) is 4.90 Å². The minimum atomic E-state index is 0.582. The average molecular weight is 183 g/mol. The van der Waals surface area contributed by atoms with Crippen LogP contribution < -0.4 is 0 Å². The molecule has 78 valence electrons. The van der Waals surface area contributed by atoms with Crippen LogP contribution in [-0.4, -0.2) is 24.0 Å². The van der Waals surface area contributed by atoms with Gasteiger partial charge in [-0.1, -0.05) is 27.2 Å². The van der Waals surface area contributed by atoms with Gasteiger partial charge in [0.25, 0.3) is 0 Å². The molecule has 0 saturated carbocycles. The molecule has 0 aromatic heterocycles. The van der Waals surface area contributed by atoms with E-state index in [0.29, 0.717) is 5.41 Å². The van der Waals surface area contributed by atoms with Crippen LogP contribution in [0.4, 0.5) is 0 Å². The summed E-state index contributed by atoms with van der Waals surface area (Å²) in [6.45, 7) is 14.4. The zero-order chi connectivity index (χ0) is 10.1. The molecule has 1 aliphatic rings. The monoisotopic (exact) mass is 183 g/mol. The first-order chi connectivity index (χ1) is 5.99. The Morgan fingerprint density at radius 3 is 2.31 bits per heavy atom. The lowest BCUT2D eigenvalue weighted by Crippen LogP contribution is -2.33. The Morgan fingerprint density at radius 2 is 1.92 bits per heavy atom. The largest absolute Gasteiger partial charge is 0.300 e. The Bertz CT molecular complexity index is 165. The van der Waals surface area contributed by atoms with E-state index in [4.69, 9.17) is 0 Å². The van der Waals surface area contributed by atoms with Crippen molar-refractivity contribution in [2.75, 3.05) is 13.1 Å². The molecular weight excluding hydrogens is 158 g/mol. The summed E-state index contributed by atoms with van der Waals surface area (Å²) >= 11 is 0. The first kappa shape index (κ1) is 11.0. The highest BCUT2D eigenvalue weighted by Crippen LogP contribution is 2.39. The van der Waals surface area contributed by atoms with Crippen LogP contribution in [0.2, 0.25) is 0 Å². The lowest BCUT2D eigenvalue weighted by molar-refractivity contribution is 0.176. The predicted molar refractivity (Wildman–Crippen MR) is 58.9 cm³/mol. The lowest BCUT2D eigenvalue weighted by Gasteiger charge is -2.32. The molecule has 0 amide bonds. The van der Waals surface area contributed by atoms with Crippen LogP contribution in [0.25, 0.3) is 0 Å². The fourth-order valence-electron chi connectivity index (χ4n) is 2.36. The minimum absolute atomic E-state index is 0.582. The topological polar surface area (TPSA) is 3.24 Å². The zero-order valence-corrected chi connectivity index (χ0v) is 9.93. The van der Waals surface area contributed by atoms with E-state index in [2.05, 4.69) is 39.5 Å². The van der Waals surface area contributed by atoms with Crippen molar-refractivity contribution < 1.29 is 0 Å². The Kier molecular flexibility index (Phi) is 3.39. The molecule has 1 saturated heterocycles. The molecule has 1 fully saturated rings. The van der Waals surface area contributed by atoms with Crippen LogP contribution in [0.1, 0.15) is 47.5 Å². The molecule has 0 N–H and O–H groups in total. The number of hydrogen-bond donors (Lipinski definition) is 0. The molecule has 1 rings (SSSR count). The Labute approximate surface area is 83.5 Å². The van der Waals surface area contributed by atoms with Gasteiger partial charge in [-0.2, -0.15) is 0 Å². The highest BCUT2D eigenvalue weighted by molar-refractivity contribution is 4.90. The van der Waals surface area contributed by atoms with Crippen molar-refractivity contribution in [3.05, 3.63) is 0 Å². The van der Waals surface area contributed by atoms with Gasteiger partial charge in [-0.15, -0.1) is 0 Å². The van der Waals surface area contributed by atoms with Gasteiger partial charge in [-0.3, -0.25) is 0 Å². The van der Waals surface area contributed by atoms with Crippen molar-refractivity contribution in [2.24, 2.45) is 11.3 Å². The van der Waals surface area contributed by atoms with Crippen LogP contribution in [0, 0.1) is 11.3 Å². The third kappa shape index (κ3) is 2.25. The number of likely N-dealkylation sites (tertiary alicyclic amines) is 1. The van der Waals surface area contributed by atoms with Gasteiger partial charge in [-0.05, 0) is 38.1 Å². The number of rotatable bonds is 3. The van der Waals surface area contributed by atoms with Crippen molar-refractivity contribution in [1.29, 1.82) is 0 Å². The summed E-state index contributed by atoms with van der Waals surface area (Å²) in [6.07, 6.45) is 2.71. The third-order valence-electron chi connectivity index (χ3n) is 4.07. The van der Waals surface area contributed by atoms with E-state index in [-0.39, 0.29) is 0 Å². The highest BCUT2D eigenvalue weighted by Gasteiger charge is 2.37. The highest BCUT2D eigenvalue weighted by atomic mass is 15.2. The smallest absolute Gasteiger partial charge is 0.00411 e. The van der Waals surface area contributed by atoms with Crippen molar-refractivity contribution in [2.45, 2.75) is 53.5 Å². The summed E-state index contributed by atoms with van der Waals surface area (Å²) in [5, 5.41) is 0. The summed E-state index contributed by atoms with van der Waals surface area (Å²) in [5.74, 6) is 0.872. The maximum Gasteiger partial charge on any atom is 0.00411 e. The Balaban J connectivity index is 2.55. The van der Waals surface area contributed by atoms with Gasteiger partial charge in [0.15, 0.2) is 0 Å². The zero-order valence-electron chi connectivity index (χ0n) is 9.93. The van der Waals surface area contributed by atoms with E-state index >= 15 is 0 Å². The quantitative estimate of drug-likeness (QED) is 0.649. The summed E-state index contributed by atoms with van der Waals surface area (Å²) in [6, 6.07) is 0.728. The maximum absolute atomic E-state index is 2.62. The van der Waals surface area contributed by atoms with E-state index in [9.17, 15) is 0 Å². The van der Waals surface area contributed by atoms with Crippen LogP contribution in [0.15, 0.2) is 0 Å². The van der Waals surface area contributed by atoms with E-state index < -0.39 is 0 Å². The summed E-state index contributed by atoms with van der Waals surface area (Å²) < 4.78 is 0. The normalized spacial score (nSPS) is 32.8. The minimum Gasteiger partial charge on any atom is -0.300 e. The molecule has 13 heavy (non-hydrogen) atoms. The lowest BCUT2D eigenvalue weighted by atomic mass is 9.76. The molecule has 0 aromatic carbocycles. The second kappa shape index (κ2) is 4.00. The second-order valence-corrected chi connectivity index (χ2v) is 5.28. The van der Waals surface area contributed by atoms with Gasteiger partial charge in [-0.25, -0.2) is 0 Å². The van der Waals surface area contributed by atoms with Gasteiger partial charge in [0, 0.05) is 12.6 Å². The molecule has 1 nitrogen and oxygen atoms in total. The molecule has 1 aliphatic heterocycles. The third-order valence-corrected chi connectivity index (χ3v) is 4.07. The first-order valence-corrected chi connectivity index (χ1v) is 5.73. The van der Waals surface area contributed by atoms with Crippen molar-refractivity contribution >= 4 is 0 Å². The standard InChI is InChI=1S/C12H25N/c1-6-11(4)12(5)7-8-13(9-12)10(2)3/h10-11H,6-9H2,1-5H3. The number of hydrogen-bond acceptors (Lipinski definition) is 1. The average Bonchev–Trinajstić information content (AvgIpc) is 2.48. The van der Waals surface area contributed by atoms with Gasteiger partial charge in [0.05, 0.1) is 0 Å². The second-order valence-electron chi connectivity index (χ2n) is 5.28. The molecule has 1 heterocycles. The fraction of sp³-hybridized carbons (Fsp3) is 1.00. The molecule has 2 atom stereocenters. The van der Waals surface area contributed by atoms with Crippen LogP contribution in [0.5, 0.6) is 0 Å². The predicted octanol–water partition coefficient (Wildman–Crippen LogP) is 3.15. The van der Waals surface area contributed by atoms with E-state index in [1.165, 1.54) is 25.9 Å². The Morgan fingerprint density at radius 1 is 1.31 bits per heavy atom. The number of nitrogens with zero attached hydrogens (tertiary/aromatic N) is 1. The van der Waals surface area contributed by atoms with Crippen LogP contribution in [0.3, 0.4) is 0 Å². The summed E-state index contributed by atoms with van der Waals surface area (Å²) in [4.78, 5) is 2.62. The maximum atomic E-state index is 2.62. The van der Waals surface area contributed by atoms with E-state index in [1.54, 1.807) is 0 Å². The van der Waals surface area contributed by atoms with E-state index in [1.807, 2.05) is 0 Å². The summed E-state index contributed by atoms with van der Waals surface area (Å²) in [7, 11) is 0. The SMILES string of the molecule is CCC(C)C1(C)CCN(C(C)C)C1. The molecular formula is C12H25N. The van der Waals surface area contributed by atoms with Crippen LogP contribution >= 0.6 is 0 Å². The molecule has 2 unspecified atom stereocenters. The molecule has 0 aliphatic carbocycles. The van der Waals surface area contributed by atoms with Gasteiger partial charge < -0.3 is 4.90 Å². The van der Waals surface area contributed by atoms with Gasteiger partial charge >= 0.3 is 0 Å². The molecule has 0 radical (unpaired) electrons. The van der Waals surface area contributed by atoms with Crippen LogP contribution in [-0.2, 0) is 0 Å². The summed E-state index contributed by atoms with van der Waals surface area (Å²) in [5.41, 5.74) is 0.582. The molecule has 0 aromatic rings. The molecule has 0 bridgehead atoms. The van der Waals surface area contributed by atoms with Crippen molar-refractivity contribution in [3.8, 4) is 0 Å². The first-order valence-electron chi connectivity index (χ1n) is 5.73. The van der Waals surface area contributed by atoms with E-state index in [0.717, 1.165) is 12.0 Å². The van der Waals surface area contributed by atoms with Crippen molar-refractivity contribution in [3.63, 3.8) is 0 Å². The molecule has 0 spiro atoms.